The van der Waals surface area contributed by atoms with Crippen LogP contribution in [0.4, 0.5) is 48.3 Å². The minimum atomic E-state index is -4.47. The molecule has 0 amide bonds. The summed E-state index contributed by atoms with van der Waals surface area (Å²) in [4.78, 5) is 109. The number of carbonyl (C=O) groups is 6. The molecule has 0 aliphatic rings. The van der Waals surface area contributed by atoms with E-state index < -0.39 is 86.1 Å². The number of carbonyl (C=O) groups excluding carboxylic acids is 5. The van der Waals surface area contributed by atoms with Gasteiger partial charge in [-0.15, -0.1) is 0 Å². The number of aromatic nitrogens is 6. The van der Waals surface area contributed by atoms with Crippen LogP contribution < -0.4 is 16.6 Å². The summed E-state index contributed by atoms with van der Waals surface area (Å²) in [5.41, 5.74) is 7.90. The molecule has 6 aromatic heterocycles. The molecule has 0 aliphatic carbocycles. The van der Waals surface area contributed by atoms with Gasteiger partial charge in [-0.05, 0) is 180 Å². The third kappa shape index (κ3) is 24.0. The van der Waals surface area contributed by atoms with E-state index in [0.29, 0.717) is 51.0 Å². The number of hydrogen-bond acceptors (Lipinski definition) is 14. The molecule has 0 saturated heterocycles. The molecule has 17 nitrogen and oxygen atoms in total. The van der Waals surface area contributed by atoms with Crippen LogP contribution in [-0.2, 0) is 47.8 Å². The Kier molecular flexibility index (Phi) is 30.5. The van der Waals surface area contributed by atoms with Crippen LogP contribution in [0, 0.1) is 11.6 Å². The second kappa shape index (κ2) is 39.5. The quantitative estimate of drug-likeness (QED) is 0.0228. The summed E-state index contributed by atoms with van der Waals surface area (Å²) < 4.78 is 146. The van der Waals surface area contributed by atoms with Gasteiger partial charge < -0.3 is 24.9 Å². The molecule has 6 heterocycles. The fourth-order valence-corrected chi connectivity index (χ4v) is 11.0. The standard InChI is InChI=1S/C24H17F3N2O2.C23H15F3N2O3.C14H12F3N.C11H10FNO2.C6H3ClFNO.C6H11NO/c1-15(30)20-14-29(21-10-5-11-28-22(21)23(20)31)13-17-6-2-3-9-19(17)16-7-4-8-18(12-16)24(25,26)27;24-23(25,26)16-7-3-6-14(11-16)17-8-2-1-5-15(17)12-28-13-18(22(30)31)21(29)20-19(28)9-4-10-27-20;15-14(16,17)12-6-3-5-10(8-12)13-7-2-1-4-11(13)9-18;1-3-8(7(2)14)11(15)10-9(12)5-4-6-13-10;7-6(10)5-4(8)2-1-3-9-5;1-6(8)4-5-7(2)3/h2-12,14H,13H2,1H3;1-11,13H,12H2,(H,30,31);1-8H,9,18H2;3-6H,1-2H3;1-3H;4-5H,1-3H3/b;;;8-3+;;5-4+. The van der Waals surface area contributed by atoms with Crippen molar-refractivity contribution in [3.05, 3.63) is 343 Å². The number of carboxylic acid groups (broad SMARTS) is 1. The number of fused-ring (bicyclic) bond motifs is 2. The molecule has 0 bridgehead atoms. The minimum Gasteiger partial charge on any atom is -0.477 e. The molecule has 0 radical (unpaired) electrons. The fraction of sp³-hybridized carbons (Fsp3) is 0.143. The summed E-state index contributed by atoms with van der Waals surface area (Å²) >= 11 is 4.97. The number of nitrogens with zero attached hydrogens (tertiary/aromatic N) is 7. The molecule has 113 heavy (non-hydrogen) atoms. The molecule has 6 aromatic carbocycles. The maximum absolute atomic E-state index is 13.2. The first kappa shape index (κ1) is 87.1. The Bertz CT molecular complexity index is 5450. The predicted octanol–water partition coefficient (Wildman–Crippen LogP) is 18.2. The molecule has 0 unspecified atom stereocenters. The number of alkyl halides is 9. The number of rotatable bonds is 16. The van der Waals surface area contributed by atoms with E-state index in [9.17, 15) is 91.8 Å². The predicted molar refractivity (Wildman–Crippen MR) is 407 cm³/mol. The van der Waals surface area contributed by atoms with Crippen LogP contribution in [-0.4, -0.2) is 87.5 Å². The van der Waals surface area contributed by atoms with Gasteiger partial charge >= 0.3 is 24.5 Å². The number of nitrogens with two attached hydrogens (primary N) is 1. The molecule has 29 heteroatoms. The molecule has 0 spiro atoms. The molecule has 0 atom stereocenters. The second-order valence-corrected chi connectivity index (χ2v) is 24.8. The first-order chi connectivity index (χ1) is 53.4. The van der Waals surface area contributed by atoms with Crippen molar-refractivity contribution in [1.29, 1.82) is 0 Å². The van der Waals surface area contributed by atoms with Gasteiger partial charge in [-0.2, -0.15) is 39.5 Å². The van der Waals surface area contributed by atoms with E-state index in [0.717, 1.165) is 65.2 Å². The average Bonchev–Trinajstić information content (AvgIpc) is 0.781. The van der Waals surface area contributed by atoms with E-state index in [1.54, 1.807) is 119 Å². The smallest absolute Gasteiger partial charge is 0.416 e. The number of ketones is 4. The van der Waals surface area contributed by atoms with E-state index in [-0.39, 0.29) is 58.2 Å². The third-order valence-corrected chi connectivity index (χ3v) is 16.4. The Morgan fingerprint density at radius 2 is 0.867 bits per heavy atom. The summed E-state index contributed by atoms with van der Waals surface area (Å²) in [6.07, 6.45) is -0.416. The van der Waals surface area contributed by atoms with Gasteiger partial charge in [0.15, 0.2) is 34.7 Å². The number of carboxylic acids is 1. The third-order valence-electron chi connectivity index (χ3n) is 16.2. The van der Waals surface area contributed by atoms with Crippen molar-refractivity contribution in [2.45, 2.75) is 65.9 Å². The van der Waals surface area contributed by atoms with Crippen LogP contribution in [0.3, 0.4) is 0 Å². The minimum absolute atomic E-state index is 0.0129. The molecule has 0 fully saturated rings. The second-order valence-electron chi connectivity index (χ2n) is 24.4. The topological polar surface area (TPSA) is 247 Å². The van der Waals surface area contributed by atoms with Crippen molar-refractivity contribution < 1.29 is 82.2 Å². The van der Waals surface area contributed by atoms with Gasteiger partial charge in [0.25, 0.3) is 5.24 Å². The van der Waals surface area contributed by atoms with E-state index in [2.05, 4.69) is 19.9 Å². The van der Waals surface area contributed by atoms with Crippen LogP contribution in [0.5, 0.6) is 0 Å². The van der Waals surface area contributed by atoms with E-state index in [1.807, 2.05) is 37.2 Å². The molecule has 0 saturated carbocycles. The van der Waals surface area contributed by atoms with Gasteiger partial charge in [0.2, 0.25) is 16.6 Å². The number of halogens is 12. The molecular weight excluding hydrogens is 1510 g/mol. The van der Waals surface area contributed by atoms with Crippen molar-refractivity contribution >= 4 is 68.0 Å². The van der Waals surface area contributed by atoms with Crippen molar-refractivity contribution in [3.63, 3.8) is 0 Å². The maximum atomic E-state index is 13.2. The molecule has 12 aromatic rings. The Morgan fingerprint density at radius 3 is 1.20 bits per heavy atom. The summed E-state index contributed by atoms with van der Waals surface area (Å²) in [5.74, 6) is -4.16. The Labute approximate surface area is 643 Å². The highest BCUT2D eigenvalue weighted by molar-refractivity contribution is 6.67. The summed E-state index contributed by atoms with van der Waals surface area (Å²) in [7, 11) is 3.75. The van der Waals surface area contributed by atoms with Gasteiger partial charge in [0.1, 0.15) is 22.3 Å². The van der Waals surface area contributed by atoms with Crippen molar-refractivity contribution in [2.24, 2.45) is 5.73 Å². The van der Waals surface area contributed by atoms with Crippen LogP contribution in [0.25, 0.3) is 55.4 Å². The number of Topliss-reactive ketones (excluding diaryl/α,β-unsaturated/α-hetero) is 3. The highest BCUT2D eigenvalue weighted by Gasteiger charge is 2.33. The van der Waals surface area contributed by atoms with Crippen LogP contribution in [0.1, 0.15) is 103 Å². The van der Waals surface area contributed by atoms with Gasteiger partial charge in [-0.1, -0.05) is 115 Å². The lowest BCUT2D eigenvalue weighted by Crippen LogP contribution is -2.20. The van der Waals surface area contributed by atoms with E-state index in [1.165, 1.54) is 100 Å². The molecule has 12 rings (SSSR count). The first-order valence-corrected chi connectivity index (χ1v) is 34.0. The zero-order chi connectivity index (χ0) is 83.1. The fourth-order valence-electron chi connectivity index (χ4n) is 10.9. The Morgan fingerprint density at radius 1 is 0.496 bits per heavy atom. The Balaban J connectivity index is 0.000000200. The van der Waals surface area contributed by atoms with Crippen molar-refractivity contribution in [1.82, 2.24) is 34.0 Å². The lowest BCUT2D eigenvalue weighted by molar-refractivity contribution is -0.138. The van der Waals surface area contributed by atoms with Crippen molar-refractivity contribution in [2.75, 3.05) is 14.1 Å². The summed E-state index contributed by atoms with van der Waals surface area (Å²) in [6.45, 7) is 6.33. The lowest BCUT2D eigenvalue weighted by Gasteiger charge is -2.16. The highest BCUT2D eigenvalue weighted by Crippen LogP contribution is 2.37. The van der Waals surface area contributed by atoms with Gasteiger partial charge in [0.05, 0.1) is 38.9 Å². The number of benzene rings is 6. The van der Waals surface area contributed by atoms with Crippen LogP contribution in [0.2, 0.25) is 0 Å². The number of hydrogen-bond donors (Lipinski definition) is 2. The first-order valence-electron chi connectivity index (χ1n) is 33.6. The number of aromatic carboxylic acids is 1. The lowest BCUT2D eigenvalue weighted by atomic mass is 9.97. The molecular formula is C84H68ClF11N8O9. The van der Waals surface area contributed by atoms with E-state index >= 15 is 0 Å². The number of allylic oxidation sites excluding steroid dienone is 3. The largest absolute Gasteiger partial charge is 0.477 e. The maximum Gasteiger partial charge on any atom is 0.416 e. The average molecular weight is 1580 g/mol. The zero-order valence-electron chi connectivity index (χ0n) is 60.7. The van der Waals surface area contributed by atoms with Crippen LogP contribution >= 0.6 is 11.6 Å². The van der Waals surface area contributed by atoms with Crippen molar-refractivity contribution in [3.8, 4) is 33.4 Å². The monoisotopic (exact) mass is 1580 g/mol. The van der Waals surface area contributed by atoms with Gasteiger partial charge in [-0.25, -0.2) is 23.5 Å². The van der Waals surface area contributed by atoms with Gasteiger partial charge in [-0.3, -0.25) is 43.5 Å². The van der Waals surface area contributed by atoms with Gasteiger partial charge in [0, 0.05) is 77.1 Å². The summed E-state index contributed by atoms with van der Waals surface area (Å²) in [5, 5.41) is 8.53. The highest BCUT2D eigenvalue weighted by atomic mass is 35.5. The molecule has 3 N–H and O–H groups in total. The number of pyridine rings is 6. The zero-order valence-corrected chi connectivity index (χ0v) is 61.5. The van der Waals surface area contributed by atoms with E-state index in [4.69, 9.17) is 17.3 Å². The SMILES string of the molecule is C/C=C(\C(C)=O)C(=O)c1ncccc1F.CC(=O)/C=C/N(C)C.CC(=O)c1cn(Cc2ccccc2-c2cccc(C(F)(F)F)c2)c2cccnc2c1=O.NCc1ccccc1-c1cccc(C(F)(F)F)c1.O=C(Cl)c1ncccc1F.O=C(O)c1cn(Cc2ccccc2-c2cccc(C(F)(F)F)c2)c2cccnc2c1=O. The summed E-state index contributed by atoms with van der Waals surface area (Å²) in [6, 6.07) is 48.3. The molecule has 0 aliphatic heterocycles. The van der Waals surface area contributed by atoms with Crippen LogP contribution in [0.15, 0.2) is 265 Å². The Hall–Kier alpha value is -13.1. The molecule has 582 valence electrons. The normalized spacial score (nSPS) is 11.2.